The number of hydrogen-bond acceptors (Lipinski definition) is 6. The number of carbonyl (C=O) groups is 1. The number of thiazole rings is 1. The fourth-order valence-corrected chi connectivity index (χ4v) is 4.53. The van der Waals surface area contributed by atoms with Crippen LogP contribution in [0.3, 0.4) is 0 Å². The number of benzene rings is 2. The Hall–Kier alpha value is -3.29. The Morgan fingerprint density at radius 3 is 2.56 bits per heavy atom. The zero-order valence-electron chi connectivity index (χ0n) is 17.7. The summed E-state index contributed by atoms with van der Waals surface area (Å²) in [7, 11) is 0. The maximum Gasteiger partial charge on any atom is 0.253 e. The van der Waals surface area contributed by atoms with E-state index < -0.39 is 0 Å². The van der Waals surface area contributed by atoms with Gasteiger partial charge in [-0.1, -0.05) is 24.3 Å². The van der Waals surface area contributed by atoms with Crippen LogP contribution in [0.2, 0.25) is 0 Å². The van der Waals surface area contributed by atoms with E-state index in [0.717, 1.165) is 55.1 Å². The molecule has 7 heteroatoms. The third-order valence-electron chi connectivity index (χ3n) is 5.74. The van der Waals surface area contributed by atoms with Crippen LogP contribution in [-0.4, -0.2) is 51.9 Å². The number of hydrogen-bond donors (Lipinski definition) is 0. The van der Waals surface area contributed by atoms with Crippen molar-refractivity contribution in [3.63, 3.8) is 0 Å². The van der Waals surface area contributed by atoms with Crippen LogP contribution in [-0.2, 0) is 13.2 Å². The lowest BCUT2D eigenvalue weighted by Crippen LogP contribution is -2.48. The van der Waals surface area contributed by atoms with Gasteiger partial charge in [0.15, 0.2) is 0 Å². The average Bonchev–Trinajstić information content (AvgIpc) is 3.37. The summed E-state index contributed by atoms with van der Waals surface area (Å²) in [4.78, 5) is 26.0. The number of nitrogens with zero attached hydrogens (tertiary/aromatic N) is 4. The summed E-state index contributed by atoms with van der Waals surface area (Å²) >= 11 is 1.55. The fourth-order valence-electron chi connectivity index (χ4n) is 3.99. The molecule has 0 bridgehead atoms. The Kier molecular flexibility index (Phi) is 6.09. The Morgan fingerprint density at radius 2 is 1.78 bits per heavy atom. The van der Waals surface area contributed by atoms with Gasteiger partial charge in [0.05, 0.1) is 16.7 Å². The van der Waals surface area contributed by atoms with E-state index >= 15 is 0 Å². The molecule has 0 unspecified atom stereocenters. The van der Waals surface area contributed by atoms with Gasteiger partial charge in [-0.2, -0.15) is 0 Å². The first-order valence-corrected chi connectivity index (χ1v) is 11.6. The maximum atomic E-state index is 12.9. The highest BCUT2D eigenvalue weighted by Crippen LogP contribution is 2.20. The summed E-state index contributed by atoms with van der Waals surface area (Å²) in [6, 6.07) is 17.8. The van der Waals surface area contributed by atoms with Crippen molar-refractivity contribution < 1.29 is 9.53 Å². The lowest BCUT2D eigenvalue weighted by Gasteiger charge is -2.35. The van der Waals surface area contributed by atoms with Gasteiger partial charge in [0.1, 0.15) is 12.4 Å². The van der Waals surface area contributed by atoms with Gasteiger partial charge in [0.2, 0.25) is 0 Å². The highest BCUT2D eigenvalue weighted by Gasteiger charge is 2.22. The van der Waals surface area contributed by atoms with Gasteiger partial charge in [-0.25, -0.2) is 4.98 Å². The zero-order valence-corrected chi connectivity index (χ0v) is 18.5. The van der Waals surface area contributed by atoms with Crippen LogP contribution in [0.5, 0.6) is 5.75 Å². The monoisotopic (exact) mass is 444 g/mol. The molecule has 4 aromatic rings. The van der Waals surface area contributed by atoms with Gasteiger partial charge in [-0.3, -0.25) is 14.7 Å². The Bertz CT molecular complexity index is 1180. The lowest BCUT2D eigenvalue weighted by molar-refractivity contribution is 0.0629. The molecule has 2 aromatic heterocycles. The average molecular weight is 445 g/mol. The molecular weight excluding hydrogens is 420 g/mol. The van der Waals surface area contributed by atoms with Crippen molar-refractivity contribution in [2.24, 2.45) is 0 Å². The molecular formula is C25H24N4O2S. The SMILES string of the molecule is O=C(c1ccc(OCc2cscn2)cc1)N1CCN(Cc2cccc3cccnc23)CC1. The predicted molar refractivity (Wildman–Crippen MR) is 126 cm³/mol. The van der Waals surface area contributed by atoms with Gasteiger partial charge in [-0.15, -0.1) is 11.3 Å². The molecule has 2 aromatic carbocycles. The summed E-state index contributed by atoms with van der Waals surface area (Å²) < 4.78 is 5.74. The quantitative estimate of drug-likeness (QED) is 0.446. The number of piperazine rings is 1. The molecule has 0 aliphatic carbocycles. The van der Waals surface area contributed by atoms with E-state index in [-0.39, 0.29) is 5.91 Å². The lowest BCUT2D eigenvalue weighted by atomic mass is 10.1. The fraction of sp³-hybridized carbons (Fsp3) is 0.240. The van der Waals surface area contributed by atoms with Crippen LogP contribution in [0.25, 0.3) is 10.9 Å². The summed E-state index contributed by atoms with van der Waals surface area (Å²) in [6.45, 7) is 4.43. The molecule has 1 fully saturated rings. The van der Waals surface area contributed by atoms with Crippen molar-refractivity contribution >= 4 is 28.1 Å². The van der Waals surface area contributed by atoms with Crippen molar-refractivity contribution in [1.82, 2.24) is 19.8 Å². The first kappa shape index (κ1) is 20.6. The minimum atomic E-state index is 0.0718. The second kappa shape index (κ2) is 9.46. The van der Waals surface area contributed by atoms with Crippen LogP contribution in [0.15, 0.2) is 71.7 Å². The van der Waals surface area contributed by atoms with Crippen molar-refractivity contribution in [3.8, 4) is 5.75 Å². The molecule has 1 saturated heterocycles. The first-order valence-electron chi connectivity index (χ1n) is 10.7. The van der Waals surface area contributed by atoms with Gasteiger partial charge in [0, 0.05) is 55.3 Å². The number of para-hydroxylation sites is 1. The normalized spacial score (nSPS) is 14.6. The topological polar surface area (TPSA) is 58.6 Å². The Labute approximate surface area is 191 Å². The molecule has 0 spiro atoms. The molecule has 1 aliphatic rings. The summed E-state index contributed by atoms with van der Waals surface area (Å²) in [5.41, 5.74) is 5.69. The molecule has 0 radical (unpaired) electrons. The van der Waals surface area contributed by atoms with E-state index in [9.17, 15) is 4.79 Å². The van der Waals surface area contributed by atoms with Gasteiger partial charge >= 0.3 is 0 Å². The van der Waals surface area contributed by atoms with Crippen LogP contribution >= 0.6 is 11.3 Å². The molecule has 1 amide bonds. The van der Waals surface area contributed by atoms with E-state index in [4.69, 9.17) is 4.74 Å². The molecule has 0 atom stereocenters. The Morgan fingerprint density at radius 1 is 0.969 bits per heavy atom. The van der Waals surface area contributed by atoms with Crippen molar-refractivity contribution in [2.45, 2.75) is 13.2 Å². The number of pyridine rings is 1. The van der Waals surface area contributed by atoms with E-state index in [2.05, 4.69) is 39.1 Å². The first-order chi connectivity index (χ1) is 15.8. The maximum absolute atomic E-state index is 12.9. The zero-order chi connectivity index (χ0) is 21.8. The predicted octanol–water partition coefficient (Wildman–Crippen LogP) is 4.23. The second-order valence-corrected chi connectivity index (χ2v) is 8.57. The minimum absolute atomic E-state index is 0.0718. The third kappa shape index (κ3) is 4.64. The summed E-state index contributed by atoms with van der Waals surface area (Å²) in [5, 5.41) is 3.13. The largest absolute Gasteiger partial charge is 0.487 e. The van der Waals surface area contributed by atoms with Crippen molar-refractivity contribution in [1.29, 1.82) is 0 Å². The van der Waals surface area contributed by atoms with Gasteiger partial charge < -0.3 is 9.64 Å². The smallest absolute Gasteiger partial charge is 0.253 e. The number of carbonyl (C=O) groups excluding carboxylic acids is 1. The van der Waals surface area contributed by atoms with Crippen LogP contribution in [0.4, 0.5) is 0 Å². The molecule has 3 heterocycles. The highest BCUT2D eigenvalue weighted by molar-refractivity contribution is 7.07. The number of aromatic nitrogens is 2. The van der Waals surface area contributed by atoms with E-state index in [0.29, 0.717) is 12.2 Å². The summed E-state index contributed by atoms with van der Waals surface area (Å²) in [5.74, 6) is 0.811. The standard InChI is InChI=1S/C25H24N4O2S/c30-25(20-6-8-23(9-7-20)31-16-22-17-32-18-27-22)29-13-11-28(12-14-29)15-21-4-1-3-19-5-2-10-26-24(19)21/h1-10,17-18H,11-16H2. The van der Waals surface area contributed by atoms with E-state index in [1.54, 1.807) is 16.8 Å². The van der Waals surface area contributed by atoms with E-state index in [1.165, 1.54) is 5.56 Å². The van der Waals surface area contributed by atoms with Gasteiger partial charge in [0.25, 0.3) is 5.91 Å². The molecule has 0 N–H and O–H groups in total. The Balaban J connectivity index is 1.15. The molecule has 0 saturated carbocycles. The van der Waals surface area contributed by atoms with Crippen LogP contribution in [0, 0.1) is 0 Å². The number of amides is 1. The number of ether oxygens (including phenoxy) is 1. The van der Waals surface area contributed by atoms with Crippen molar-refractivity contribution in [2.75, 3.05) is 26.2 Å². The van der Waals surface area contributed by atoms with Crippen LogP contribution in [0.1, 0.15) is 21.6 Å². The van der Waals surface area contributed by atoms with Gasteiger partial charge in [-0.05, 0) is 35.9 Å². The second-order valence-electron chi connectivity index (χ2n) is 7.85. The third-order valence-corrected chi connectivity index (χ3v) is 6.38. The molecule has 162 valence electrons. The molecule has 6 nitrogen and oxygen atoms in total. The summed E-state index contributed by atoms with van der Waals surface area (Å²) in [6.07, 6.45) is 1.85. The molecule has 1 aliphatic heterocycles. The van der Waals surface area contributed by atoms with Crippen LogP contribution < -0.4 is 4.74 Å². The molecule has 32 heavy (non-hydrogen) atoms. The number of fused-ring (bicyclic) bond motifs is 1. The van der Waals surface area contributed by atoms with E-state index in [1.807, 2.05) is 46.8 Å². The van der Waals surface area contributed by atoms with Crippen molar-refractivity contribution in [3.05, 3.63) is 88.5 Å². The highest BCUT2D eigenvalue weighted by atomic mass is 32.1. The minimum Gasteiger partial charge on any atom is -0.487 e. The molecule has 5 rings (SSSR count). The number of rotatable bonds is 6.